The zero-order chi connectivity index (χ0) is 16.4. The minimum Gasteiger partial charge on any atom is -0.497 e. The van der Waals surface area contributed by atoms with E-state index in [9.17, 15) is 9.90 Å². The number of hydrogen-bond donors (Lipinski definition) is 2. The molecule has 0 aliphatic carbocycles. The Morgan fingerprint density at radius 3 is 2.83 bits per heavy atom. The molecule has 0 aliphatic rings. The van der Waals surface area contributed by atoms with Gasteiger partial charge in [-0.25, -0.2) is 0 Å². The fourth-order valence-electron chi connectivity index (χ4n) is 2.60. The Labute approximate surface area is 133 Å². The number of para-hydroxylation sites is 1. The Morgan fingerprint density at radius 1 is 1.26 bits per heavy atom. The van der Waals surface area contributed by atoms with Gasteiger partial charge in [0.25, 0.3) is 0 Å². The third-order valence-electron chi connectivity index (χ3n) is 3.74. The zero-order valence-electron chi connectivity index (χ0n) is 13.1. The summed E-state index contributed by atoms with van der Waals surface area (Å²) in [6, 6.07) is 10.7. The molecule has 1 aromatic heterocycles. The van der Waals surface area contributed by atoms with Gasteiger partial charge in [-0.1, -0.05) is 12.1 Å². The first kappa shape index (κ1) is 15.5. The number of nitrogens with one attached hydrogen (secondary N) is 1. The van der Waals surface area contributed by atoms with E-state index in [1.807, 2.05) is 12.1 Å². The highest BCUT2D eigenvalue weighted by Crippen LogP contribution is 2.24. The molecule has 1 unspecified atom stereocenters. The van der Waals surface area contributed by atoms with Crippen LogP contribution in [-0.4, -0.2) is 24.9 Å². The lowest BCUT2D eigenvalue weighted by molar-refractivity contribution is 0.191. The molecule has 1 atom stereocenters. The quantitative estimate of drug-likeness (QED) is 0.708. The maximum atomic E-state index is 12.7. The Kier molecular flexibility index (Phi) is 4.32. The molecule has 0 aliphatic heterocycles. The monoisotopic (exact) mass is 313 g/mol. The van der Waals surface area contributed by atoms with Gasteiger partial charge in [-0.05, 0) is 25.1 Å². The van der Waals surface area contributed by atoms with E-state index >= 15 is 0 Å². The molecule has 0 spiro atoms. The van der Waals surface area contributed by atoms with Crippen molar-refractivity contribution < 1.29 is 14.3 Å². The number of methoxy groups -OCH3 is 1. The van der Waals surface area contributed by atoms with Crippen molar-refractivity contribution in [3.63, 3.8) is 0 Å². The van der Waals surface area contributed by atoms with E-state index in [4.69, 9.17) is 9.15 Å². The molecule has 0 saturated carbocycles. The van der Waals surface area contributed by atoms with E-state index in [1.54, 1.807) is 38.3 Å². The minimum absolute atomic E-state index is 0.0544. The third kappa shape index (κ3) is 3.06. The summed E-state index contributed by atoms with van der Waals surface area (Å²) in [5.41, 5.74) is 1.90. The second-order valence-electron chi connectivity index (χ2n) is 5.57. The van der Waals surface area contributed by atoms with Crippen LogP contribution in [0.15, 0.2) is 45.6 Å². The topological polar surface area (TPSA) is 71.7 Å². The maximum Gasteiger partial charge on any atom is 0.200 e. The number of aliphatic hydroxyl groups is 1. The number of benzene rings is 2. The summed E-state index contributed by atoms with van der Waals surface area (Å²) in [5.74, 6) is 0.643. The van der Waals surface area contributed by atoms with Crippen LogP contribution in [-0.2, 0) is 6.54 Å². The first-order valence-corrected chi connectivity index (χ1v) is 7.51. The molecule has 5 heteroatoms. The van der Waals surface area contributed by atoms with Crippen LogP contribution in [0.4, 0.5) is 0 Å². The third-order valence-corrected chi connectivity index (χ3v) is 3.74. The van der Waals surface area contributed by atoms with Gasteiger partial charge in [-0.3, -0.25) is 4.79 Å². The Hall–Kier alpha value is -2.37. The van der Waals surface area contributed by atoms with Gasteiger partial charge in [0.15, 0.2) is 0 Å². The smallest absolute Gasteiger partial charge is 0.200 e. The zero-order valence-corrected chi connectivity index (χ0v) is 13.1. The Balaban J connectivity index is 2.13. The summed E-state index contributed by atoms with van der Waals surface area (Å²) in [5, 5.41) is 13.6. The second-order valence-corrected chi connectivity index (χ2v) is 5.57. The fraction of sp³-hybridized carbons (Fsp3) is 0.278. The van der Waals surface area contributed by atoms with Gasteiger partial charge in [0, 0.05) is 24.7 Å². The molecule has 0 fully saturated rings. The van der Waals surface area contributed by atoms with Gasteiger partial charge in [0.2, 0.25) is 5.43 Å². The molecule has 3 rings (SSSR count). The predicted molar refractivity (Wildman–Crippen MR) is 89.9 cm³/mol. The van der Waals surface area contributed by atoms with Crippen LogP contribution in [0.2, 0.25) is 0 Å². The standard InChI is InChI=1S/C18H19NO4/c1-11(20)9-19-10-12-4-3-5-15-17(21)14-7-6-13(22-2)8-16(14)23-18(12)15/h3-8,11,19-20H,9-10H2,1-2H3. The van der Waals surface area contributed by atoms with E-state index in [0.717, 1.165) is 5.56 Å². The number of hydrogen-bond acceptors (Lipinski definition) is 5. The fourth-order valence-corrected chi connectivity index (χ4v) is 2.60. The largest absolute Gasteiger partial charge is 0.497 e. The molecule has 0 saturated heterocycles. The Morgan fingerprint density at radius 2 is 2.09 bits per heavy atom. The highest BCUT2D eigenvalue weighted by molar-refractivity contribution is 5.91. The van der Waals surface area contributed by atoms with Gasteiger partial charge in [-0.15, -0.1) is 0 Å². The van der Waals surface area contributed by atoms with E-state index in [1.165, 1.54) is 0 Å². The average molecular weight is 313 g/mol. The van der Waals surface area contributed by atoms with E-state index in [0.29, 0.717) is 40.8 Å². The van der Waals surface area contributed by atoms with Crippen molar-refractivity contribution in [2.45, 2.75) is 19.6 Å². The first-order valence-electron chi connectivity index (χ1n) is 7.51. The van der Waals surface area contributed by atoms with Crippen LogP contribution in [0, 0.1) is 0 Å². The molecule has 3 aromatic rings. The number of aliphatic hydroxyl groups excluding tert-OH is 1. The average Bonchev–Trinajstić information content (AvgIpc) is 2.55. The molecule has 23 heavy (non-hydrogen) atoms. The van der Waals surface area contributed by atoms with Gasteiger partial charge < -0.3 is 19.6 Å². The predicted octanol–water partition coefficient (Wildman–Crippen LogP) is 2.43. The summed E-state index contributed by atoms with van der Waals surface area (Å²) < 4.78 is 11.2. The van der Waals surface area contributed by atoms with Crippen molar-refractivity contribution in [2.24, 2.45) is 0 Å². The lowest BCUT2D eigenvalue weighted by Gasteiger charge is -2.10. The highest BCUT2D eigenvalue weighted by Gasteiger charge is 2.11. The van der Waals surface area contributed by atoms with Crippen LogP contribution in [0.3, 0.4) is 0 Å². The van der Waals surface area contributed by atoms with Crippen LogP contribution in [0.5, 0.6) is 5.75 Å². The van der Waals surface area contributed by atoms with Crippen LogP contribution >= 0.6 is 0 Å². The summed E-state index contributed by atoms with van der Waals surface area (Å²) in [6.45, 7) is 2.71. The van der Waals surface area contributed by atoms with Gasteiger partial charge >= 0.3 is 0 Å². The molecule has 0 radical (unpaired) electrons. The minimum atomic E-state index is -0.429. The van der Waals surface area contributed by atoms with Crippen LogP contribution in [0.25, 0.3) is 21.9 Å². The lowest BCUT2D eigenvalue weighted by Crippen LogP contribution is -2.24. The molecular weight excluding hydrogens is 294 g/mol. The van der Waals surface area contributed by atoms with Crippen molar-refractivity contribution in [1.82, 2.24) is 5.32 Å². The molecule has 5 nitrogen and oxygen atoms in total. The van der Waals surface area contributed by atoms with Crippen molar-refractivity contribution in [2.75, 3.05) is 13.7 Å². The molecule has 120 valence electrons. The van der Waals surface area contributed by atoms with Crippen molar-refractivity contribution in [1.29, 1.82) is 0 Å². The normalized spacial score (nSPS) is 12.7. The number of ether oxygens (including phenoxy) is 1. The number of rotatable bonds is 5. The molecular formula is C18H19NO4. The first-order chi connectivity index (χ1) is 11.1. The highest BCUT2D eigenvalue weighted by atomic mass is 16.5. The van der Waals surface area contributed by atoms with Gasteiger partial charge in [-0.2, -0.15) is 0 Å². The van der Waals surface area contributed by atoms with E-state index in [2.05, 4.69) is 5.32 Å². The van der Waals surface area contributed by atoms with Crippen molar-refractivity contribution in [3.8, 4) is 5.75 Å². The SMILES string of the molecule is COc1ccc2c(=O)c3cccc(CNCC(C)O)c3oc2c1. The summed E-state index contributed by atoms with van der Waals surface area (Å²) >= 11 is 0. The molecule has 2 aromatic carbocycles. The summed E-state index contributed by atoms with van der Waals surface area (Å²) in [4.78, 5) is 12.7. The van der Waals surface area contributed by atoms with Crippen LogP contribution in [0.1, 0.15) is 12.5 Å². The molecule has 0 bridgehead atoms. The van der Waals surface area contributed by atoms with Gasteiger partial charge in [0.1, 0.15) is 16.9 Å². The van der Waals surface area contributed by atoms with Gasteiger partial charge in [0.05, 0.1) is 24.0 Å². The number of fused-ring (bicyclic) bond motifs is 2. The molecule has 0 amide bonds. The summed E-state index contributed by atoms with van der Waals surface area (Å²) in [7, 11) is 1.58. The van der Waals surface area contributed by atoms with E-state index < -0.39 is 6.10 Å². The summed E-state index contributed by atoms with van der Waals surface area (Å²) in [6.07, 6.45) is -0.429. The van der Waals surface area contributed by atoms with E-state index in [-0.39, 0.29) is 5.43 Å². The van der Waals surface area contributed by atoms with Crippen LogP contribution < -0.4 is 15.5 Å². The Bertz CT molecular complexity index is 899. The van der Waals surface area contributed by atoms with Crippen molar-refractivity contribution >= 4 is 21.9 Å². The molecule has 1 heterocycles. The van der Waals surface area contributed by atoms with Crippen molar-refractivity contribution in [3.05, 3.63) is 52.2 Å². The molecule has 2 N–H and O–H groups in total. The lowest BCUT2D eigenvalue weighted by atomic mass is 10.1. The maximum absolute atomic E-state index is 12.7. The second kappa shape index (κ2) is 6.40.